The van der Waals surface area contributed by atoms with Gasteiger partial charge < -0.3 is 20.1 Å². The maximum atomic E-state index is 12.6. The molecule has 0 aliphatic heterocycles. The van der Waals surface area contributed by atoms with Crippen LogP contribution in [0, 0.1) is 0 Å². The lowest BCUT2D eigenvalue weighted by Crippen LogP contribution is -2.74. The van der Waals surface area contributed by atoms with Gasteiger partial charge in [-0.15, -0.1) is 0 Å². The van der Waals surface area contributed by atoms with Crippen molar-refractivity contribution in [2.75, 3.05) is 6.54 Å². The molecule has 0 spiro atoms. The highest BCUT2D eigenvalue weighted by molar-refractivity contribution is 5.77. The third kappa shape index (κ3) is 18.4. The van der Waals surface area contributed by atoms with E-state index >= 15 is 0 Å². The predicted molar refractivity (Wildman–Crippen MR) is 189 cm³/mol. The van der Waals surface area contributed by atoms with Gasteiger partial charge in [-0.1, -0.05) is 136 Å². The molecule has 0 radical (unpaired) electrons. The van der Waals surface area contributed by atoms with Crippen molar-refractivity contribution in [3.63, 3.8) is 0 Å². The van der Waals surface area contributed by atoms with Crippen LogP contribution in [0.1, 0.15) is 195 Å². The summed E-state index contributed by atoms with van der Waals surface area (Å²) in [5, 5.41) is 33.1. The Morgan fingerprint density at radius 1 is 0.500 bits per heavy atom. The Balaban J connectivity index is 4.63. The van der Waals surface area contributed by atoms with Crippen molar-refractivity contribution >= 4 is 17.9 Å². The van der Waals surface area contributed by atoms with E-state index in [1.807, 2.05) is 20.8 Å². The first-order valence-corrected chi connectivity index (χ1v) is 19.4. The van der Waals surface area contributed by atoms with E-state index in [2.05, 4.69) is 19.1 Å². The van der Waals surface area contributed by atoms with E-state index in [1.54, 1.807) is 0 Å². The quantitative estimate of drug-likeness (QED) is 0.0407. The van der Waals surface area contributed by atoms with E-state index in [0.717, 1.165) is 38.5 Å². The number of rotatable bonds is 34. The van der Waals surface area contributed by atoms with Crippen molar-refractivity contribution < 1.29 is 34.2 Å². The van der Waals surface area contributed by atoms with Gasteiger partial charge in [0, 0.05) is 19.3 Å². The van der Waals surface area contributed by atoms with Gasteiger partial charge in [0.2, 0.25) is 0 Å². The van der Waals surface area contributed by atoms with E-state index in [0.29, 0.717) is 25.7 Å². The fraction of sp³-hybridized carbons (Fsp3) is 0.872. The fourth-order valence-corrected chi connectivity index (χ4v) is 7.33. The van der Waals surface area contributed by atoms with Gasteiger partial charge in [-0.3, -0.25) is 4.48 Å². The molecule has 0 saturated heterocycles. The highest BCUT2D eigenvalue weighted by Crippen LogP contribution is 2.34. The summed E-state index contributed by atoms with van der Waals surface area (Å²) in [6, 6.07) is -3.34. The first kappa shape index (κ1) is 44.1. The van der Waals surface area contributed by atoms with Crippen molar-refractivity contribution in [1.82, 2.24) is 0 Å². The summed E-state index contributed by atoms with van der Waals surface area (Å²) in [7, 11) is 0. The van der Waals surface area contributed by atoms with Gasteiger partial charge in [-0.2, -0.15) is 0 Å². The number of carbonyl (C=O) groups excluding carboxylic acids is 1. The number of aliphatic carboxylic acids is 3. The van der Waals surface area contributed by atoms with Crippen LogP contribution in [-0.2, 0) is 14.4 Å². The predicted octanol–water partition coefficient (Wildman–Crippen LogP) is 9.61. The zero-order chi connectivity index (χ0) is 34.5. The van der Waals surface area contributed by atoms with E-state index < -0.39 is 40.5 Å². The van der Waals surface area contributed by atoms with E-state index in [4.69, 9.17) is 0 Å². The molecule has 7 nitrogen and oxygen atoms in total. The maximum Gasteiger partial charge on any atom is 0.362 e. The van der Waals surface area contributed by atoms with Crippen LogP contribution in [-0.4, -0.2) is 57.3 Å². The number of carbonyl (C=O) groups is 3. The average molecular weight is 652 g/mol. The van der Waals surface area contributed by atoms with Gasteiger partial charge in [0.15, 0.2) is 12.1 Å². The van der Waals surface area contributed by atoms with Crippen LogP contribution in [0.25, 0.3) is 0 Å². The molecule has 7 heteroatoms. The summed E-state index contributed by atoms with van der Waals surface area (Å²) in [6.07, 6.45) is 31.5. The molecule has 0 saturated carbocycles. The number of carboxylic acid groups (broad SMARTS) is 3. The number of unbranched alkanes of at least 4 members (excludes halogenated alkanes) is 18. The molecule has 270 valence electrons. The molecule has 2 N–H and O–H groups in total. The number of hydrogen-bond donors (Lipinski definition) is 2. The molecule has 3 atom stereocenters. The first-order valence-electron chi connectivity index (χ1n) is 19.4. The molecular weight excluding hydrogens is 578 g/mol. The minimum atomic E-state index is -1.33. The number of hydrogen-bond acceptors (Lipinski definition) is 4. The lowest BCUT2D eigenvalue weighted by Gasteiger charge is -2.52. The summed E-state index contributed by atoms with van der Waals surface area (Å²) >= 11 is 0. The van der Waals surface area contributed by atoms with Gasteiger partial charge in [0.25, 0.3) is 0 Å². The number of allylic oxidation sites excluding steroid dienone is 2. The van der Waals surface area contributed by atoms with E-state index in [-0.39, 0.29) is 25.8 Å². The zero-order valence-corrected chi connectivity index (χ0v) is 30.5. The monoisotopic (exact) mass is 652 g/mol. The zero-order valence-electron chi connectivity index (χ0n) is 30.5. The van der Waals surface area contributed by atoms with Crippen LogP contribution >= 0.6 is 0 Å². The molecule has 0 heterocycles. The van der Waals surface area contributed by atoms with E-state index in [9.17, 15) is 29.7 Å². The van der Waals surface area contributed by atoms with Crippen molar-refractivity contribution in [1.29, 1.82) is 0 Å². The average Bonchev–Trinajstić information content (AvgIpc) is 3.02. The molecule has 0 rings (SSSR count). The van der Waals surface area contributed by atoms with Crippen LogP contribution in [0.15, 0.2) is 12.2 Å². The fourth-order valence-electron chi connectivity index (χ4n) is 7.33. The highest BCUT2D eigenvalue weighted by atomic mass is 16.4. The van der Waals surface area contributed by atoms with Gasteiger partial charge in [0.1, 0.15) is 6.04 Å². The molecule has 0 aliphatic carbocycles. The summed E-state index contributed by atoms with van der Waals surface area (Å²) in [4.78, 5) is 37.7. The lowest BCUT2D eigenvalue weighted by atomic mass is 9.91. The highest BCUT2D eigenvalue weighted by Gasteiger charge is 2.54. The van der Waals surface area contributed by atoms with Crippen LogP contribution < -0.4 is 5.11 Å². The van der Waals surface area contributed by atoms with Gasteiger partial charge >= 0.3 is 11.9 Å². The maximum absolute atomic E-state index is 12.6. The van der Waals surface area contributed by atoms with Crippen LogP contribution in [0.5, 0.6) is 0 Å². The summed E-state index contributed by atoms with van der Waals surface area (Å²) in [5.74, 6) is -3.56. The molecule has 46 heavy (non-hydrogen) atoms. The minimum Gasteiger partial charge on any atom is -0.544 e. The Morgan fingerprint density at radius 3 is 1.15 bits per heavy atom. The number of carboxylic acids is 3. The topological polar surface area (TPSA) is 115 Å². The number of quaternary nitrogens is 1. The van der Waals surface area contributed by atoms with E-state index in [1.165, 1.54) is 83.5 Å². The Bertz CT molecular complexity index is 738. The van der Waals surface area contributed by atoms with Crippen LogP contribution in [0.3, 0.4) is 0 Å². The Labute approximate surface area is 283 Å². The van der Waals surface area contributed by atoms with Crippen molar-refractivity contribution in [3.8, 4) is 0 Å². The molecule has 3 unspecified atom stereocenters. The SMILES string of the molecule is CCCCCCCCCCCCCC/C=C/CCCCCCCC[N+](C(CCC)C(=O)[O-])(C(CCC)C(=O)O)C(CCC)C(=O)O. The van der Waals surface area contributed by atoms with Gasteiger partial charge in [0.05, 0.1) is 12.5 Å². The largest absolute Gasteiger partial charge is 0.544 e. The second kappa shape index (κ2) is 29.3. The molecule has 0 aromatic heterocycles. The normalized spacial score (nSPS) is 15.0. The summed E-state index contributed by atoms with van der Waals surface area (Å²) in [6.45, 7) is 8.08. The third-order valence-corrected chi connectivity index (χ3v) is 9.83. The second-order valence-electron chi connectivity index (χ2n) is 13.7. The van der Waals surface area contributed by atoms with Gasteiger partial charge in [-0.05, 0) is 51.4 Å². The minimum absolute atomic E-state index is 0.205. The summed E-state index contributed by atoms with van der Waals surface area (Å²) < 4.78 is -0.438. The van der Waals surface area contributed by atoms with Crippen molar-refractivity contribution in [3.05, 3.63) is 12.2 Å². The molecular formula is C39H73NO6. The van der Waals surface area contributed by atoms with Gasteiger partial charge in [-0.25, -0.2) is 9.59 Å². The van der Waals surface area contributed by atoms with Crippen LogP contribution in [0.4, 0.5) is 0 Å². The Kier molecular flexibility index (Phi) is 28.1. The van der Waals surface area contributed by atoms with Crippen LogP contribution in [0.2, 0.25) is 0 Å². The third-order valence-electron chi connectivity index (χ3n) is 9.83. The molecule has 0 aromatic rings. The number of nitrogens with zero attached hydrogens (tertiary/aromatic N) is 1. The Morgan fingerprint density at radius 2 is 0.826 bits per heavy atom. The molecule has 0 amide bonds. The standard InChI is InChI=1S/C39H73NO6/c1-5-9-10-11-12-13-14-15-16-17-18-19-20-21-22-23-24-25-26-27-28-29-33-40(34(30-6-2)37(41)42,35(31-7-3)38(43)44)36(32-8-4)39(45)46/h21-22,34-36H,5-20,23-33H2,1-4H3,(H2-,41,42,43,44,45,46)/b22-21+. The lowest BCUT2D eigenvalue weighted by molar-refractivity contribution is -0.975. The molecule has 0 aromatic carbocycles. The van der Waals surface area contributed by atoms with Crippen molar-refractivity contribution in [2.24, 2.45) is 0 Å². The molecule has 0 aliphatic rings. The Hall–Kier alpha value is -1.89. The summed E-state index contributed by atoms with van der Waals surface area (Å²) in [5.41, 5.74) is 0. The first-order chi connectivity index (χ1) is 22.2. The molecule has 0 bridgehead atoms. The molecule has 0 fully saturated rings. The van der Waals surface area contributed by atoms with Crippen molar-refractivity contribution in [2.45, 2.75) is 213 Å². The second-order valence-corrected chi connectivity index (χ2v) is 13.7. The smallest absolute Gasteiger partial charge is 0.362 e.